The molecule has 0 atom stereocenters. The molecule has 0 aliphatic carbocycles. The molecule has 2 rings (SSSR count). The Hall–Kier alpha value is -2.76. The molecule has 1 N–H and O–H groups in total. The summed E-state index contributed by atoms with van der Waals surface area (Å²) in [6.07, 6.45) is 0. The van der Waals surface area contributed by atoms with Crippen LogP contribution in [-0.4, -0.2) is 16.0 Å². The Kier molecular flexibility index (Phi) is 3.24. The predicted octanol–water partition coefficient (Wildman–Crippen LogP) is 3.10. The van der Waals surface area contributed by atoms with Gasteiger partial charge >= 0.3 is 5.97 Å². The van der Waals surface area contributed by atoms with Crippen molar-refractivity contribution in [2.24, 2.45) is 0 Å². The molecule has 6 heteroatoms. The van der Waals surface area contributed by atoms with E-state index in [0.29, 0.717) is 11.1 Å². The van der Waals surface area contributed by atoms with Gasteiger partial charge in [-0.1, -0.05) is 6.07 Å². The molecule has 96 valence electrons. The van der Waals surface area contributed by atoms with Gasteiger partial charge in [-0.25, -0.2) is 9.18 Å². The predicted molar refractivity (Wildman–Crippen MR) is 65.4 cm³/mol. The van der Waals surface area contributed by atoms with Crippen LogP contribution in [0.3, 0.4) is 0 Å². The lowest BCUT2D eigenvalue weighted by Gasteiger charge is -2.03. The van der Waals surface area contributed by atoms with E-state index in [9.17, 15) is 19.3 Å². The highest BCUT2D eigenvalue weighted by Gasteiger charge is 2.11. The summed E-state index contributed by atoms with van der Waals surface area (Å²) in [5, 5.41) is 19.2. The van der Waals surface area contributed by atoms with Crippen LogP contribution in [0.2, 0.25) is 0 Å². The standard InChI is InChI=1S/C13H8FNO4/c14-12-7-9(3-6-11(12)13(16)17)8-1-4-10(5-2-8)15(18)19/h1-7H,(H,16,17). The van der Waals surface area contributed by atoms with Gasteiger partial charge in [0.15, 0.2) is 0 Å². The number of hydrogen-bond donors (Lipinski definition) is 1. The van der Waals surface area contributed by atoms with E-state index in [1.54, 1.807) is 0 Å². The minimum atomic E-state index is -1.34. The van der Waals surface area contributed by atoms with Gasteiger partial charge in [-0.3, -0.25) is 10.1 Å². The summed E-state index contributed by atoms with van der Waals surface area (Å²) in [6, 6.07) is 9.27. The molecular formula is C13H8FNO4. The molecule has 19 heavy (non-hydrogen) atoms. The van der Waals surface area contributed by atoms with Gasteiger partial charge in [-0.15, -0.1) is 0 Å². The first-order chi connectivity index (χ1) is 8.99. The summed E-state index contributed by atoms with van der Waals surface area (Å²) in [5.74, 6) is -2.18. The van der Waals surface area contributed by atoms with Gasteiger partial charge in [0, 0.05) is 12.1 Å². The zero-order chi connectivity index (χ0) is 14.0. The zero-order valence-corrected chi connectivity index (χ0v) is 9.54. The number of aromatic carboxylic acids is 1. The largest absolute Gasteiger partial charge is 0.478 e. The molecule has 2 aromatic rings. The van der Waals surface area contributed by atoms with Gasteiger partial charge in [-0.2, -0.15) is 0 Å². The molecule has 0 aliphatic heterocycles. The van der Waals surface area contributed by atoms with Crippen molar-refractivity contribution < 1.29 is 19.2 Å². The minimum Gasteiger partial charge on any atom is -0.478 e. The van der Waals surface area contributed by atoms with Gasteiger partial charge in [0.2, 0.25) is 0 Å². The quantitative estimate of drug-likeness (QED) is 0.680. The lowest BCUT2D eigenvalue weighted by molar-refractivity contribution is -0.384. The van der Waals surface area contributed by atoms with E-state index < -0.39 is 22.3 Å². The molecule has 0 aromatic heterocycles. The molecule has 0 spiro atoms. The maximum atomic E-state index is 13.5. The Balaban J connectivity index is 2.39. The van der Waals surface area contributed by atoms with Crippen molar-refractivity contribution in [1.82, 2.24) is 0 Å². The number of rotatable bonds is 3. The van der Waals surface area contributed by atoms with E-state index in [0.717, 1.165) is 12.1 Å². The van der Waals surface area contributed by atoms with Gasteiger partial charge in [0.1, 0.15) is 5.82 Å². The average Bonchev–Trinajstić information content (AvgIpc) is 2.38. The molecule has 0 saturated carbocycles. The molecule has 0 heterocycles. The maximum Gasteiger partial charge on any atom is 0.338 e. The van der Waals surface area contributed by atoms with Crippen LogP contribution >= 0.6 is 0 Å². The first-order valence-electron chi connectivity index (χ1n) is 5.26. The second-order valence-corrected chi connectivity index (χ2v) is 3.80. The van der Waals surface area contributed by atoms with Gasteiger partial charge in [-0.05, 0) is 35.4 Å². The highest BCUT2D eigenvalue weighted by molar-refractivity contribution is 5.88. The number of nitro benzene ring substituents is 1. The van der Waals surface area contributed by atoms with E-state index in [-0.39, 0.29) is 5.69 Å². The molecule has 5 nitrogen and oxygen atoms in total. The number of carboxylic acid groups (broad SMARTS) is 1. The summed E-state index contributed by atoms with van der Waals surface area (Å²) in [5.41, 5.74) is 0.552. The lowest BCUT2D eigenvalue weighted by Crippen LogP contribution is -2.00. The number of non-ortho nitro benzene ring substituents is 1. The number of carbonyl (C=O) groups is 1. The highest BCUT2D eigenvalue weighted by atomic mass is 19.1. The molecular weight excluding hydrogens is 253 g/mol. The van der Waals surface area contributed by atoms with Crippen molar-refractivity contribution in [3.63, 3.8) is 0 Å². The number of nitrogens with zero attached hydrogens (tertiary/aromatic N) is 1. The summed E-state index contributed by atoms with van der Waals surface area (Å²) >= 11 is 0. The number of carboxylic acids is 1. The topological polar surface area (TPSA) is 80.4 Å². The fraction of sp³-hybridized carbons (Fsp3) is 0. The summed E-state index contributed by atoms with van der Waals surface area (Å²) in [7, 11) is 0. The molecule has 0 amide bonds. The van der Waals surface area contributed by atoms with Crippen molar-refractivity contribution in [3.05, 3.63) is 64.0 Å². The summed E-state index contributed by atoms with van der Waals surface area (Å²) in [6.45, 7) is 0. The smallest absolute Gasteiger partial charge is 0.338 e. The third-order valence-electron chi connectivity index (χ3n) is 2.61. The van der Waals surface area contributed by atoms with Crippen LogP contribution in [0, 0.1) is 15.9 Å². The molecule has 0 fully saturated rings. The SMILES string of the molecule is O=C(O)c1ccc(-c2ccc([N+](=O)[O-])cc2)cc1F. The first-order valence-corrected chi connectivity index (χ1v) is 5.26. The van der Waals surface area contributed by atoms with Crippen LogP contribution in [-0.2, 0) is 0 Å². The second kappa shape index (κ2) is 4.85. The summed E-state index contributed by atoms with van der Waals surface area (Å²) in [4.78, 5) is 20.6. The van der Waals surface area contributed by atoms with Gasteiger partial charge < -0.3 is 5.11 Å². The molecule has 0 radical (unpaired) electrons. The van der Waals surface area contributed by atoms with E-state index in [4.69, 9.17) is 5.11 Å². The van der Waals surface area contributed by atoms with E-state index in [2.05, 4.69) is 0 Å². The normalized spacial score (nSPS) is 10.2. The minimum absolute atomic E-state index is 0.0635. The van der Waals surface area contributed by atoms with Crippen molar-refractivity contribution in [2.75, 3.05) is 0 Å². The van der Waals surface area contributed by atoms with Gasteiger partial charge in [0.25, 0.3) is 5.69 Å². The molecule has 0 saturated heterocycles. The maximum absolute atomic E-state index is 13.5. The molecule has 0 bridgehead atoms. The fourth-order valence-electron chi connectivity index (χ4n) is 1.64. The second-order valence-electron chi connectivity index (χ2n) is 3.80. The van der Waals surface area contributed by atoms with E-state index in [1.807, 2.05) is 0 Å². The average molecular weight is 261 g/mol. The van der Waals surface area contributed by atoms with Crippen LogP contribution in [0.5, 0.6) is 0 Å². The Bertz CT molecular complexity index is 652. The Labute approximate surface area is 107 Å². The van der Waals surface area contributed by atoms with E-state index in [1.165, 1.54) is 30.3 Å². The molecule has 0 unspecified atom stereocenters. The number of halogens is 1. The molecule has 2 aromatic carbocycles. The van der Waals surface area contributed by atoms with Gasteiger partial charge in [0.05, 0.1) is 10.5 Å². The van der Waals surface area contributed by atoms with Crippen LogP contribution < -0.4 is 0 Å². The summed E-state index contributed by atoms with van der Waals surface area (Å²) < 4.78 is 13.5. The number of nitro groups is 1. The van der Waals surface area contributed by atoms with E-state index >= 15 is 0 Å². The monoisotopic (exact) mass is 261 g/mol. The van der Waals surface area contributed by atoms with Crippen molar-refractivity contribution in [2.45, 2.75) is 0 Å². The van der Waals surface area contributed by atoms with Crippen molar-refractivity contribution in [1.29, 1.82) is 0 Å². The lowest BCUT2D eigenvalue weighted by atomic mass is 10.0. The van der Waals surface area contributed by atoms with Crippen LogP contribution in [0.25, 0.3) is 11.1 Å². The number of benzene rings is 2. The molecule has 0 aliphatic rings. The van der Waals surface area contributed by atoms with Crippen molar-refractivity contribution in [3.8, 4) is 11.1 Å². The highest BCUT2D eigenvalue weighted by Crippen LogP contribution is 2.24. The van der Waals surface area contributed by atoms with Crippen LogP contribution in [0.4, 0.5) is 10.1 Å². The Morgan fingerprint density at radius 1 is 1.11 bits per heavy atom. The first kappa shape index (κ1) is 12.7. The number of hydrogen-bond acceptors (Lipinski definition) is 3. The zero-order valence-electron chi connectivity index (χ0n) is 9.54. The Morgan fingerprint density at radius 3 is 2.16 bits per heavy atom. The third kappa shape index (κ3) is 2.57. The van der Waals surface area contributed by atoms with Crippen LogP contribution in [0.15, 0.2) is 42.5 Å². The Morgan fingerprint density at radius 2 is 1.68 bits per heavy atom. The van der Waals surface area contributed by atoms with Crippen molar-refractivity contribution >= 4 is 11.7 Å². The fourth-order valence-corrected chi connectivity index (χ4v) is 1.64. The third-order valence-corrected chi connectivity index (χ3v) is 2.61. The van der Waals surface area contributed by atoms with Crippen LogP contribution in [0.1, 0.15) is 10.4 Å².